The van der Waals surface area contributed by atoms with Gasteiger partial charge < -0.3 is 14.3 Å². The van der Waals surface area contributed by atoms with E-state index in [2.05, 4.69) is 4.98 Å². The van der Waals surface area contributed by atoms with Crippen LogP contribution in [0, 0.1) is 34.9 Å². The Morgan fingerprint density at radius 2 is 1.66 bits per heavy atom. The van der Waals surface area contributed by atoms with Crippen molar-refractivity contribution in [2.45, 2.75) is 25.7 Å². The van der Waals surface area contributed by atoms with Crippen LogP contribution in [0.5, 0.6) is 11.5 Å². The molecule has 3 heterocycles. The molecule has 2 aliphatic carbocycles. The summed E-state index contributed by atoms with van der Waals surface area (Å²) in [6.45, 7) is 1.73. The Labute approximate surface area is 307 Å². The molecule has 0 radical (unpaired) electrons. The van der Waals surface area contributed by atoms with E-state index in [0.29, 0.717) is 33.8 Å². The molecule has 2 saturated heterocycles. The highest BCUT2D eigenvalue weighted by Crippen LogP contribution is 2.64. The predicted molar refractivity (Wildman–Crippen MR) is 193 cm³/mol. The van der Waals surface area contributed by atoms with Gasteiger partial charge in [0.25, 0.3) is 0 Å². The quantitative estimate of drug-likeness (QED) is 0.146. The first-order valence-electron chi connectivity index (χ1n) is 17.3. The summed E-state index contributed by atoms with van der Waals surface area (Å²) in [5.41, 5.74) is 2.51. The lowest BCUT2D eigenvalue weighted by atomic mass is 9.51. The van der Waals surface area contributed by atoms with Gasteiger partial charge >= 0.3 is 0 Å². The minimum atomic E-state index is -1.36. The van der Waals surface area contributed by atoms with Crippen LogP contribution in [0.25, 0.3) is 22.6 Å². The van der Waals surface area contributed by atoms with E-state index in [1.165, 1.54) is 30.2 Å². The Morgan fingerprint density at radius 3 is 2.38 bits per heavy atom. The van der Waals surface area contributed by atoms with Crippen LogP contribution < -0.4 is 14.5 Å². The van der Waals surface area contributed by atoms with Crippen molar-refractivity contribution in [3.05, 3.63) is 113 Å². The fourth-order valence-corrected chi connectivity index (χ4v) is 9.33. The highest BCUT2D eigenvalue weighted by atomic mass is 35.5. The number of aromatic hydroxyl groups is 1. The number of oxazole rings is 1. The molecule has 9 rings (SSSR count). The fourth-order valence-electron chi connectivity index (χ4n) is 9.16. The third kappa shape index (κ3) is 4.72. The molecular formula is C41H31ClFN3O7. The number of fused-ring (bicyclic) bond motifs is 5. The van der Waals surface area contributed by atoms with Crippen LogP contribution in [0.3, 0.4) is 0 Å². The molecule has 0 bridgehead atoms. The van der Waals surface area contributed by atoms with Crippen molar-refractivity contribution in [3.8, 4) is 23.0 Å². The first-order valence-corrected chi connectivity index (χ1v) is 17.6. The second-order valence-corrected chi connectivity index (χ2v) is 14.6. The average molecular weight is 732 g/mol. The number of ether oxygens (including phenoxy) is 1. The van der Waals surface area contributed by atoms with Crippen LogP contribution in [0.15, 0.2) is 101 Å². The first kappa shape index (κ1) is 33.1. The van der Waals surface area contributed by atoms with Crippen molar-refractivity contribution < 1.29 is 37.8 Å². The number of phenols is 1. The molecule has 4 amide bonds. The number of imide groups is 2. The van der Waals surface area contributed by atoms with Gasteiger partial charge in [0.15, 0.2) is 17.1 Å². The van der Waals surface area contributed by atoms with Crippen LogP contribution in [0.1, 0.15) is 31.2 Å². The van der Waals surface area contributed by atoms with Gasteiger partial charge in [-0.05, 0) is 98.0 Å². The summed E-state index contributed by atoms with van der Waals surface area (Å²) < 4.78 is 25.4. The molecule has 2 aliphatic heterocycles. The maximum absolute atomic E-state index is 14.6. The van der Waals surface area contributed by atoms with Crippen molar-refractivity contribution >= 4 is 57.7 Å². The molecule has 10 nitrogen and oxygen atoms in total. The van der Waals surface area contributed by atoms with Gasteiger partial charge in [-0.1, -0.05) is 41.4 Å². The summed E-state index contributed by atoms with van der Waals surface area (Å²) in [7, 11) is 1.43. The van der Waals surface area contributed by atoms with Crippen molar-refractivity contribution in [1.29, 1.82) is 0 Å². The summed E-state index contributed by atoms with van der Waals surface area (Å²) in [5.74, 6) is -5.67. The van der Waals surface area contributed by atoms with Crippen LogP contribution in [0.2, 0.25) is 5.02 Å². The minimum Gasteiger partial charge on any atom is -0.504 e. The average Bonchev–Trinajstić information content (AvgIpc) is 3.76. The molecule has 266 valence electrons. The lowest BCUT2D eigenvalue weighted by molar-refractivity contribution is -0.131. The fraction of sp³-hybridized carbons (Fsp3) is 0.244. The monoisotopic (exact) mass is 731 g/mol. The van der Waals surface area contributed by atoms with Crippen molar-refractivity contribution in [1.82, 2.24) is 4.98 Å². The van der Waals surface area contributed by atoms with E-state index in [0.717, 1.165) is 16.5 Å². The van der Waals surface area contributed by atoms with Crippen LogP contribution in [-0.4, -0.2) is 40.8 Å². The van der Waals surface area contributed by atoms with Gasteiger partial charge in [-0.25, -0.2) is 14.3 Å². The zero-order chi connectivity index (χ0) is 36.9. The summed E-state index contributed by atoms with van der Waals surface area (Å²) in [4.78, 5) is 64.4. The van der Waals surface area contributed by atoms with Crippen molar-refractivity contribution in [2.24, 2.45) is 29.1 Å². The van der Waals surface area contributed by atoms with Crippen molar-refractivity contribution in [3.63, 3.8) is 0 Å². The Kier molecular flexibility index (Phi) is 7.40. The number of anilines is 2. The standard InChI is InChI=1S/C41H31ClFN3O7/c1-41-27(38(49)46(40(41)51)23-12-15-29(43)28(42)18-23)19-26-24(35(41)21-9-16-33(52-2)31(47)17-21)13-14-25-34(26)39(50)45(37(25)48)22-10-7-20(8-11-22)36-44-30-5-3-4-6-32(30)53-36/h3-13,15-18,25-27,34-35,47H,14,19H2,1-2H3. The number of benzene rings is 4. The molecular weight excluding hydrogens is 701 g/mol. The molecule has 1 saturated carbocycles. The number of halogens is 2. The summed E-state index contributed by atoms with van der Waals surface area (Å²) >= 11 is 6.10. The van der Waals surface area contributed by atoms with Gasteiger partial charge in [-0.3, -0.25) is 24.1 Å². The number of rotatable bonds is 5. The van der Waals surface area contributed by atoms with Gasteiger partial charge in [0.05, 0.1) is 46.7 Å². The molecule has 53 heavy (non-hydrogen) atoms. The number of phenolic OH excluding ortho intramolecular Hbond substituents is 1. The van der Waals surface area contributed by atoms with Crippen LogP contribution in [-0.2, 0) is 19.2 Å². The van der Waals surface area contributed by atoms with E-state index in [-0.39, 0.29) is 46.9 Å². The molecule has 4 aliphatic rings. The smallest absolute Gasteiger partial charge is 0.241 e. The number of aromatic nitrogens is 1. The Bertz CT molecular complexity index is 2410. The van der Waals surface area contributed by atoms with Crippen molar-refractivity contribution in [2.75, 3.05) is 16.9 Å². The second-order valence-electron chi connectivity index (χ2n) is 14.2. The number of carbonyl (C=O) groups excluding carboxylic acids is 4. The Balaban J connectivity index is 1.10. The third-order valence-corrected chi connectivity index (χ3v) is 11.9. The van der Waals surface area contributed by atoms with E-state index in [4.69, 9.17) is 20.8 Å². The predicted octanol–water partition coefficient (Wildman–Crippen LogP) is 7.44. The topological polar surface area (TPSA) is 130 Å². The zero-order valence-corrected chi connectivity index (χ0v) is 29.2. The van der Waals surface area contributed by atoms with Gasteiger partial charge in [0.2, 0.25) is 29.5 Å². The third-order valence-electron chi connectivity index (χ3n) is 11.6. The van der Waals surface area contributed by atoms with Gasteiger partial charge in [0, 0.05) is 11.5 Å². The molecule has 6 atom stereocenters. The summed E-state index contributed by atoms with van der Waals surface area (Å²) in [6, 6.07) is 22.8. The number of para-hydroxylation sites is 2. The highest BCUT2D eigenvalue weighted by molar-refractivity contribution is 6.32. The lowest BCUT2D eigenvalue weighted by Gasteiger charge is -2.49. The molecule has 3 fully saturated rings. The lowest BCUT2D eigenvalue weighted by Crippen LogP contribution is -2.48. The summed E-state index contributed by atoms with van der Waals surface area (Å²) in [5, 5.41) is 10.7. The number of amides is 4. The molecule has 0 spiro atoms. The number of nitrogens with zero attached hydrogens (tertiary/aromatic N) is 3. The first-order chi connectivity index (χ1) is 25.5. The largest absolute Gasteiger partial charge is 0.504 e. The van der Waals surface area contributed by atoms with Crippen LogP contribution >= 0.6 is 11.6 Å². The molecule has 6 unspecified atom stereocenters. The van der Waals surface area contributed by atoms with E-state index < -0.39 is 52.6 Å². The molecule has 4 aromatic carbocycles. The molecule has 1 N–H and O–H groups in total. The number of methoxy groups -OCH3 is 1. The van der Waals surface area contributed by atoms with Gasteiger partial charge in [-0.2, -0.15) is 0 Å². The minimum absolute atomic E-state index is 0.127. The SMILES string of the molecule is COc1ccc(C2C3=CCC4C(=O)N(c5ccc(-c6nc7ccccc7o6)cc5)C(=O)C4C3CC3C(=O)N(c4ccc(F)c(Cl)c4)C(=O)C32C)cc1O. The maximum atomic E-state index is 14.6. The van der Waals surface area contributed by atoms with Crippen LogP contribution in [0.4, 0.5) is 15.8 Å². The summed E-state index contributed by atoms with van der Waals surface area (Å²) in [6.07, 6.45) is 2.30. The zero-order valence-electron chi connectivity index (χ0n) is 28.5. The van der Waals surface area contributed by atoms with Gasteiger partial charge in [0.1, 0.15) is 11.3 Å². The number of carbonyl (C=O) groups is 4. The Hall–Kier alpha value is -5.81. The normalized spacial score (nSPS) is 26.5. The van der Waals surface area contributed by atoms with E-state index in [1.807, 2.05) is 30.3 Å². The molecule has 1 aromatic heterocycles. The number of hydrogen-bond acceptors (Lipinski definition) is 8. The molecule has 5 aromatic rings. The Morgan fingerprint density at radius 1 is 0.906 bits per heavy atom. The molecule has 12 heteroatoms. The second kappa shape index (κ2) is 11.9. The van der Waals surface area contributed by atoms with E-state index in [1.54, 1.807) is 43.3 Å². The highest BCUT2D eigenvalue weighted by Gasteiger charge is 2.67. The van der Waals surface area contributed by atoms with Gasteiger partial charge in [-0.15, -0.1) is 0 Å². The maximum Gasteiger partial charge on any atom is 0.241 e. The number of allylic oxidation sites excluding steroid dienone is 2. The van der Waals surface area contributed by atoms with E-state index >= 15 is 0 Å². The van der Waals surface area contributed by atoms with E-state index in [9.17, 15) is 28.7 Å². The number of hydrogen-bond donors (Lipinski definition) is 1.